The molecule has 0 radical (unpaired) electrons. The maximum absolute atomic E-state index is 11.8. The minimum atomic E-state index is -0.440. The predicted molar refractivity (Wildman–Crippen MR) is 87.2 cm³/mol. The molecule has 0 spiro atoms. The van der Waals surface area contributed by atoms with Crippen molar-refractivity contribution in [3.63, 3.8) is 0 Å². The number of anilines is 2. The quantitative estimate of drug-likeness (QED) is 0.823. The molecule has 2 aromatic carbocycles. The molecule has 0 saturated carbocycles. The molecule has 0 aromatic heterocycles. The normalized spacial score (nSPS) is 9.64. The third kappa shape index (κ3) is 4.72. The molecule has 0 aliphatic rings. The highest BCUT2D eigenvalue weighted by atomic mass is 79.9. The first-order chi connectivity index (χ1) is 10.6. The number of halogens is 1. The molecule has 0 unspecified atom stereocenters. The second-order valence-electron chi connectivity index (χ2n) is 4.47. The molecular formula is C16H12BrN3O2. The van der Waals surface area contributed by atoms with Crippen LogP contribution in [0.3, 0.4) is 0 Å². The predicted octanol–water partition coefficient (Wildman–Crippen LogP) is 3.29. The van der Waals surface area contributed by atoms with E-state index in [1.165, 1.54) is 0 Å². The number of rotatable bonds is 4. The van der Waals surface area contributed by atoms with Gasteiger partial charge in [-0.2, -0.15) is 5.26 Å². The van der Waals surface area contributed by atoms with Crippen molar-refractivity contribution >= 4 is 39.1 Å². The Morgan fingerprint density at radius 3 is 2.27 bits per heavy atom. The van der Waals surface area contributed by atoms with E-state index in [0.717, 1.165) is 4.47 Å². The summed E-state index contributed by atoms with van der Waals surface area (Å²) in [6, 6.07) is 15.5. The van der Waals surface area contributed by atoms with Crippen molar-refractivity contribution < 1.29 is 9.59 Å². The van der Waals surface area contributed by atoms with Crippen molar-refractivity contribution in [3.8, 4) is 6.07 Å². The minimum absolute atomic E-state index is 0.299. The molecule has 0 fully saturated rings. The molecule has 0 aliphatic heterocycles. The van der Waals surface area contributed by atoms with Gasteiger partial charge in [0.15, 0.2) is 0 Å². The Morgan fingerprint density at radius 2 is 1.64 bits per heavy atom. The molecule has 2 aromatic rings. The monoisotopic (exact) mass is 357 g/mol. The second-order valence-corrected chi connectivity index (χ2v) is 5.39. The topological polar surface area (TPSA) is 82.0 Å². The Bertz CT molecular complexity index is 736. The molecule has 2 amide bonds. The number of amides is 2. The van der Waals surface area contributed by atoms with E-state index in [1.54, 1.807) is 48.5 Å². The van der Waals surface area contributed by atoms with Crippen molar-refractivity contribution in [1.82, 2.24) is 0 Å². The molecule has 6 heteroatoms. The van der Waals surface area contributed by atoms with Crippen LogP contribution in [0, 0.1) is 11.3 Å². The van der Waals surface area contributed by atoms with E-state index >= 15 is 0 Å². The van der Waals surface area contributed by atoms with Crippen LogP contribution in [0.5, 0.6) is 0 Å². The molecule has 2 rings (SSSR count). The molecule has 0 bridgehead atoms. The fourth-order valence-electron chi connectivity index (χ4n) is 1.76. The molecule has 22 heavy (non-hydrogen) atoms. The SMILES string of the molecule is N#Cc1cccc(NC(=O)CC(=O)Nc2ccc(Br)cc2)c1. The lowest BCUT2D eigenvalue weighted by atomic mass is 10.2. The van der Waals surface area contributed by atoms with Crippen LogP contribution in [0.4, 0.5) is 11.4 Å². The Kier molecular flexibility index (Phi) is 5.28. The second kappa shape index (κ2) is 7.38. The van der Waals surface area contributed by atoms with E-state index in [0.29, 0.717) is 16.9 Å². The van der Waals surface area contributed by atoms with Gasteiger partial charge in [-0.3, -0.25) is 9.59 Å². The third-order valence-electron chi connectivity index (χ3n) is 2.72. The molecule has 0 aliphatic carbocycles. The zero-order valence-electron chi connectivity index (χ0n) is 11.5. The highest BCUT2D eigenvalue weighted by molar-refractivity contribution is 9.10. The Morgan fingerprint density at radius 1 is 1.00 bits per heavy atom. The first-order valence-electron chi connectivity index (χ1n) is 6.42. The summed E-state index contributed by atoms with van der Waals surface area (Å²) in [5, 5.41) is 14.0. The van der Waals surface area contributed by atoms with Crippen LogP contribution < -0.4 is 10.6 Å². The van der Waals surface area contributed by atoms with Crippen LogP contribution in [-0.4, -0.2) is 11.8 Å². The summed E-state index contributed by atoms with van der Waals surface area (Å²) < 4.78 is 0.903. The van der Waals surface area contributed by atoms with Gasteiger partial charge in [0.05, 0.1) is 11.6 Å². The van der Waals surface area contributed by atoms with Crippen molar-refractivity contribution in [2.45, 2.75) is 6.42 Å². The Balaban J connectivity index is 1.89. The van der Waals surface area contributed by atoms with Gasteiger partial charge in [-0.25, -0.2) is 0 Å². The lowest BCUT2D eigenvalue weighted by molar-refractivity contribution is -0.123. The highest BCUT2D eigenvalue weighted by Crippen LogP contribution is 2.14. The number of benzene rings is 2. The van der Waals surface area contributed by atoms with Gasteiger partial charge >= 0.3 is 0 Å². The number of carbonyl (C=O) groups is 2. The van der Waals surface area contributed by atoms with Crippen LogP contribution in [0.1, 0.15) is 12.0 Å². The van der Waals surface area contributed by atoms with Crippen molar-refractivity contribution in [1.29, 1.82) is 5.26 Å². The highest BCUT2D eigenvalue weighted by Gasteiger charge is 2.10. The molecule has 0 atom stereocenters. The average Bonchev–Trinajstić information content (AvgIpc) is 2.49. The first-order valence-corrected chi connectivity index (χ1v) is 7.21. The summed E-state index contributed by atoms with van der Waals surface area (Å²) in [5.74, 6) is -0.846. The summed E-state index contributed by atoms with van der Waals surface area (Å²) in [6.45, 7) is 0. The van der Waals surface area contributed by atoms with Crippen LogP contribution in [0.15, 0.2) is 53.0 Å². The van der Waals surface area contributed by atoms with Gasteiger partial charge < -0.3 is 10.6 Å². The zero-order valence-corrected chi connectivity index (χ0v) is 13.1. The van der Waals surface area contributed by atoms with Gasteiger partial charge in [-0.05, 0) is 42.5 Å². The average molecular weight is 358 g/mol. The first kappa shape index (κ1) is 15.7. The summed E-state index contributed by atoms with van der Waals surface area (Å²) >= 11 is 3.30. The molecule has 110 valence electrons. The van der Waals surface area contributed by atoms with E-state index in [-0.39, 0.29) is 6.42 Å². The van der Waals surface area contributed by atoms with Crippen LogP contribution in [0.25, 0.3) is 0 Å². The van der Waals surface area contributed by atoms with E-state index in [2.05, 4.69) is 26.6 Å². The number of hydrogen-bond acceptors (Lipinski definition) is 3. The molecular weight excluding hydrogens is 346 g/mol. The largest absolute Gasteiger partial charge is 0.326 e. The third-order valence-corrected chi connectivity index (χ3v) is 3.25. The van der Waals surface area contributed by atoms with Crippen molar-refractivity contribution in [2.75, 3.05) is 10.6 Å². The van der Waals surface area contributed by atoms with Gasteiger partial charge in [0.1, 0.15) is 6.42 Å². The van der Waals surface area contributed by atoms with Crippen LogP contribution in [0.2, 0.25) is 0 Å². The number of nitriles is 1. The van der Waals surface area contributed by atoms with Gasteiger partial charge in [0, 0.05) is 15.8 Å². The summed E-state index contributed by atoms with van der Waals surface area (Å²) in [7, 11) is 0. The van der Waals surface area contributed by atoms with Crippen molar-refractivity contribution in [3.05, 3.63) is 58.6 Å². The van der Waals surface area contributed by atoms with Gasteiger partial charge in [-0.1, -0.05) is 22.0 Å². The minimum Gasteiger partial charge on any atom is -0.326 e. The van der Waals surface area contributed by atoms with E-state index in [1.807, 2.05) is 6.07 Å². The fraction of sp³-hybridized carbons (Fsp3) is 0.0625. The van der Waals surface area contributed by atoms with Crippen LogP contribution >= 0.6 is 15.9 Å². The zero-order chi connectivity index (χ0) is 15.9. The van der Waals surface area contributed by atoms with E-state index in [9.17, 15) is 9.59 Å². The van der Waals surface area contributed by atoms with E-state index in [4.69, 9.17) is 5.26 Å². The molecule has 0 heterocycles. The maximum atomic E-state index is 11.8. The smallest absolute Gasteiger partial charge is 0.233 e. The van der Waals surface area contributed by atoms with E-state index < -0.39 is 11.8 Å². The standard InChI is InChI=1S/C16H12BrN3O2/c17-12-4-6-13(7-5-12)19-15(21)9-16(22)20-14-3-1-2-11(8-14)10-18/h1-8H,9H2,(H,19,21)(H,20,22). The Hall–Kier alpha value is -2.65. The van der Waals surface area contributed by atoms with Crippen LogP contribution in [-0.2, 0) is 9.59 Å². The summed E-state index contributed by atoms with van der Waals surface area (Å²) in [6.07, 6.45) is -0.299. The van der Waals surface area contributed by atoms with Gasteiger partial charge in [-0.15, -0.1) is 0 Å². The molecule has 0 saturated heterocycles. The summed E-state index contributed by atoms with van der Waals surface area (Å²) in [5.41, 5.74) is 1.55. The number of carbonyl (C=O) groups excluding carboxylic acids is 2. The van der Waals surface area contributed by atoms with Crippen molar-refractivity contribution in [2.24, 2.45) is 0 Å². The Labute approximate surface area is 136 Å². The number of nitrogens with one attached hydrogen (secondary N) is 2. The lowest BCUT2D eigenvalue weighted by Crippen LogP contribution is -2.21. The number of hydrogen-bond donors (Lipinski definition) is 2. The lowest BCUT2D eigenvalue weighted by Gasteiger charge is -2.07. The van der Waals surface area contributed by atoms with Gasteiger partial charge in [0.2, 0.25) is 11.8 Å². The molecule has 2 N–H and O–H groups in total. The summed E-state index contributed by atoms with van der Waals surface area (Å²) in [4.78, 5) is 23.6. The maximum Gasteiger partial charge on any atom is 0.233 e. The van der Waals surface area contributed by atoms with Gasteiger partial charge in [0.25, 0.3) is 0 Å². The fourth-order valence-corrected chi connectivity index (χ4v) is 2.02. The number of nitrogens with zero attached hydrogens (tertiary/aromatic N) is 1. The molecule has 5 nitrogen and oxygen atoms in total.